The molecule has 0 amide bonds. The van der Waals surface area contributed by atoms with Crippen molar-refractivity contribution >= 4 is 17.4 Å². The van der Waals surface area contributed by atoms with E-state index in [0.29, 0.717) is 6.04 Å². The van der Waals surface area contributed by atoms with E-state index in [9.17, 15) is 0 Å². The molecular formula is C15H25ClN4. The molecule has 1 saturated heterocycles. The van der Waals surface area contributed by atoms with Crippen molar-refractivity contribution in [2.45, 2.75) is 32.4 Å². The first-order chi connectivity index (χ1) is 9.63. The van der Waals surface area contributed by atoms with Gasteiger partial charge in [0.25, 0.3) is 0 Å². The quantitative estimate of drug-likeness (QED) is 0.905. The summed E-state index contributed by atoms with van der Waals surface area (Å²) in [7, 11) is 4.06. The molecule has 4 nitrogen and oxygen atoms in total. The SMILES string of the molecule is CCN1CCC(N(C)Cc2nc(NC)ccc2Cl)CC1. The highest BCUT2D eigenvalue weighted by atomic mass is 35.5. The van der Waals surface area contributed by atoms with Gasteiger partial charge in [0, 0.05) is 19.6 Å². The highest BCUT2D eigenvalue weighted by Gasteiger charge is 2.22. The average Bonchev–Trinajstić information content (AvgIpc) is 2.49. The first-order valence-electron chi connectivity index (χ1n) is 7.39. The van der Waals surface area contributed by atoms with Crippen LogP contribution in [-0.4, -0.2) is 54.6 Å². The second kappa shape index (κ2) is 7.25. The van der Waals surface area contributed by atoms with Crippen molar-refractivity contribution in [2.24, 2.45) is 0 Å². The molecule has 1 aliphatic rings. The van der Waals surface area contributed by atoms with Crippen molar-refractivity contribution in [1.29, 1.82) is 0 Å². The maximum atomic E-state index is 6.26. The Kier molecular flexibility index (Phi) is 5.64. The number of nitrogens with one attached hydrogen (secondary N) is 1. The summed E-state index contributed by atoms with van der Waals surface area (Å²) in [5.41, 5.74) is 0.957. The van der Waals surface area contributed by atoms with Crippen molar-refractivity contribution in [3.63, 3.8) is 0 Å². The molecule has 0 bridgehead atoms. The van der Waals surface area contributed by atoms with E-state index in [1.165, 1.54) is 25.9 Å². The van der Waals surface area contributed by atoms with Gasteiger partial charge in [-0.25, -0.2) is 4.98 Å². The zero-order chi connectivity index (χ0) is 14.5. The molecule has 0 atom stereocenters. The molecule has 1 N–H and O–H groups in total. The number of anilines is 1. The zero-order valence-electron chi connectivity index (χ0n) is 12.7. The number of aromatic nitrogens is 1. The molecule has 1 aliphatic heterocycles. The van der Waals surface area contributed by atoms with Crippen LogP contribution in [0.15, 0.2) is 12.1 Å². The van der Waals surface area contributed by atoms with Crippen LogP contribution >= 0.6 is 11.6 Å². The summed E-state index contributed by atoms with van der Waals surface area (Å²) in [6, 6.07) is 4.46. The number of hydrogen-bond acceptors (Lipinski definition) is 4. The van der Waals surface area contributed by atoms with Gasteiger partial charge in [-0.3, -0.25) is 4.90 Å². The molecule has 0 radical (unpaired) electrons. The van der Waals surface area contributed by atoms with Crippen LogP contribution in [-0.2, 0) is 6.54 Å². The molecule has 0 saturated carbocycles. The lowest BCUT2D eigenvalue weighted by molar-refractivity contribution is 0.126. The largest absolute Gasteiger partial charge is 0.373 e. The Bertz CT molecular complexity index is 430. The van der Waals surface area contributed by atoms with E-state index >= 15 is 0 Å². The molecule has 112 valence electrons. The maximum Gasteiger partial charge on any atom is 0.126 e. The van der Waals surface area contributed by atoms with Gasteiger partial charge in [-0.2, -0.15) is 0 Å². The standard InChI is InChI=1S/C15H25ClN4/c1-4-20-9-7-12(8-10-20)19(3)11-14-13(16)5-6-15(17-2)18-14/h5-6,12H,4,7-11H2,1-3H3,(H,17,18). The number of hydrogen-bond donors (Lipinski definition) is 1. The van der Waals surface area contributed by atoms with Crippen molar-refractivity contribution in [1.82, 2.24) is 14.8 Å². The second-order valence-electron chi connectivity index (χ2n) is 5.46. The Morgan fingerprint density at radius 2 is 2.10 bits per heavy atom. The summed E-state index contributed by atoms with van der Waals surface area (Å²) < 4.78 is 0. The predicted molar refractivity (Wildman–Crippen MR) is 85.4 cm³/mol. The number of likely N-dealkylation sites (tertiary alicyclic amines) is 1. The van der Waals surface area contributed by atoms with E-state index in [1.807, 2.05) is 19.2 Å². The molecule has 0 unspecified atom stereocenters. The van der Waals surface area contributed by atoms with Crippen LogP contribution in [0.1, 0.15) is 25.5 Å². The summed E-state index contributed by atoms with van der Waals surface area (Å²) in [6.07, 6.45) is 2.46. The molecular weight excluding hydrogens is 272 g/mol. The average molecular weight is 297 g/mol. The lowest BCUT2D eigenvalue weighted by atomic mass is 10.0. The number of nitrogens with zero attached hydrogens (tertiary/aromatic N) is 3. The Morgan fingerprint density at radius 3 is 2.70 bits per heavy atom. The van der Waals surface area contributed by atoms with Gasteiger partial charge in [0.2, 0.25) is 0 Å². The van der Waals surface area contributed by atoms with E-state index in [-0.39, 0.29) is 0 Å². The van der Waals surface area contributed by atoms with Crippen LogP contribution < -0.4 is 5.32 Å². The van der Waals surface area contributed by atoms with Crippen LogP contribution in [0.4, 0.5) is 5.82 Å². The number of pyridine rings is 1. The normalized spacial score (nSPS) is 17.6. The van der Waals surface area contributed by atoms with Crippen LogP contribution in [0, 0.1) is 0 Å². The molecule has 5 heteroatoms. The van der Waals surface area contributed by atoms with Crippen LogP contribution in [0.2, 0.25) is 5.02 Å². The number of rotatable bonds is 5. The molecule has 1 aromatic heterocycles. The van der Waals surface area contributed by atoms with Gasteiger partial charge in [-0.1, -0.05) is 18.5 Å². The minimum atomic E-state index is 0.633. The first-order valence-corrected chi connectivity index (χ1v) is 7.77. The third-order valence-corrected chi connectivity index (χ3v) is 4.55. The topological polar surface area (TPSA) is 31.4 Å². The van der Waals surface area contributed by atoms with E-state index < -0.39 is 0 Å². The second-order valence-corrected chi connectivity index (χ2v) is 5.86. The van der Waals surface area contributed by atoms with E-state index in [0.717, 1.165) is 29.6 Å². The molecule has 1 aromatic rings. The van der Waals surface area contributed by atoms with Gasteiger partial charge in [0.15, 0.2) is 0 Å². The van der Waals surface area contributed by atoms with Gasteiger partial charge >= 0.3 is 0 Å². The molecule has 0 aromatic carbocycles. The highest BCUT2D eigenvalue weighted by Crippen LogP contribution is 2.21. The van der Waals surface area contributed by atoms with Crippen LogP contribution in [0.5, 0.6) is 0 Å². The van der Waals surface area contributed by atoms with Crippen molar-refractivity contribution in [3.8, 4) is 0 Å². The predicted octanol–water partition coefficient (Wildman–Crippen LogP) is 2.69. The zero-order valence-corrected chi connectivity index (χ0v) is 13.5. The van der Waals surface area contributed by atoms with Crippen LogP contribution in [0.3, 0.4) is 0 Å². The van der Waals surface area contributed by atoms with Gasteiger partial charge in [0.05, 0.1) is 10.7 Å². The Balaban J connectivity index is 1.96. The maximum absolute atomic E-state index is 6.26. The molecule has 20 heavy (non-hydrogen) atoms. The monoisotopic (exact) mass is 296 g/mol. The summed E-state index contributed by atoms with van der Waals surface area (Å²) in [5, 5.41) is 3.82. The fraction of sp³-hybridized carbons (Fsp3) is 0.667. The fourth-order valence-electron chi connectivity index (χ4n) is 2.78. The summed E-state index contributed by atoms with van der Waals surface area (Å²) >= 11 is 6.26. The van der Waals surface area contributed by atoms with Gasteiger partial charge in [0.1, 0.15) is 5.82 Å². The third-order valence-electron chi connectivity index (χ3n) is 4.20. The van der Waals surface area contributed by atoms with Gasteiger partial charge in [-0.15, -0.1) is 0 Å². The highest BCUT2D eigenvalue weighted by molar-refractivity contribution is 6.31. The summed E-state index contributed by atoms with van der Waals surface area (Å²) in [5.74, 6) is 0.874. The Labute approximate surface area is 127 Å². The smallest absolute Gasteiger partial charge is 0.126 e. The number of halogens is 1. The van der Waals surface area contributed by atoms with Gasteiger partial charge < -0.3 is 10.2 Å². The van der Waals surface area contributed by atoms with Crippen molar-refractivity contribution < 1.29 is 0 Å². The fourth-order valence-corrected chi connectivity index (χ4v) is 2.94. The molecule has 0 aliphatic carbocycles. The van der Waals surface area contributed by atoms with Crippen molar-refractivity contribution in [3.05, 3.63) is 22.8 Å². The summed E-state index contributed by atoms with van der Waals surface area (Å²) in [4.78, 5) is 9.46. The Morgan fingerprint density at radius 1 is 1.40 bits per heavy atom. The lowest BCUT2D eigenvalue weighted by Gasteiger charge is -2.36. The minimum Gasteiger partial charge on any atom is -0.373 e. The molecule has 2 heterocycles. The van der Waals surface area contributed by atoms with Gasteiger partial charge in [-0.05, 0) is 51.7 Å². The third kappa shape index (κ3) is 3.84. The van der Waals surface area contributed by atoms with Crippen molar-refractivity contribution in [2.75, 3.05) is 39.0 Å². The molecule has 2 rings (SSSR count). The van der Waals surface area contributed by atoms with E-state index in [2.05, 4.69) is 34.1 Å². The first kappa shape index (κ1) is 15.5. The van der Waals surface area contributed by atoms with E-state index in [1.54, 1.807) is 0 Å². The molecule has 1 fully saturated rings. The van der Waals surface area contributed by atoms with E-state index in [4.69, 9.17) is 11.6 Å². The lowest BCUT2D eigenvalue weighted by Crippen LogP contribution is -2.43. The van der Waals surface area contributed by atoms with Crippen LogP contribution in [0.25, 0.3) is 0 Å². The summed E-state index contributed by atoms with van der Waals surface area (Å²) in [6.45, 7) is 6.60. The Hall–Kier alpha value is -0.840. The molecule has 0 spiro atoms. The number of piperidine rings is 1. The minimum absolute atomic E-state index is 0.633.